The summed E-state index contributed by atoms with van der Waals surface area (Å²) in [6, 6.07) is 3.56. The van der Waals surface area contributed by atoms with Gasteiger partial charge in [0, 0.05) is 5.56 Å². The Kier molecular flexibility index (Phi) is 9.81. The van der Waals surface area contributed by atoms with Crippen LogP contribution in [0.4, 0.5) is 8.78 Å². The molecule has 0 aromatic heterocycles. The molecule has 1 fully saturated rings. The van der Waals surface area contributed by atoms with Gasteiger partial charge in [0.2, 0.25) is 0 Å². The molecule has 0 bridgehead atoms. The van der Waals surface area contributed by atoms with Gasteiger partial charge in [-0.2, -0.15) is 0 Å². The second-order valence-corrected chi connectivity index (χ2v) is 9.91. The second-order valence-electron chi connectivity index (χ2n) is 9.91. The number of rotatable bonds is 11. The van der Waals surface area contributed by atoms with E-state index in [4.69, 9.17) is 0 Å². The summed E-state index contributed by atoms with van der Waals surface area (Å²) >= 11 is 0. The zero-order valence-electron chi connectivity index (χ0n) is 19.8. The third-order valence-electron chi connectivity index (χ3n) is 7.62. The van der Waals surface area contributed by atoms with E-state index in [0.29, 0.717) is 23.5 Å². The number of hydrogen-bond acceptors (Lipinski definition) is 0. The molecular weight excluding hydrogens is 386 g/mol. The van der Waals surface area contributed by atoms with E-state index in [1.807, 2.05) is 6.08 Å². The maximum atomic E-state index is 14.8. The Labute approximate surface area is 189 Å². The highest BCUT2D eigenvalue weighted by molar-refractivity contribution is 5.75. The average molecular weight is 429 g/mol. The van der Waals surface area contributed by atoms with E-state index in [0.717, 1.165) is 43.1 Å². The predicted molar refractivity (Wildman–Crippen MR) is 129 cm³/mol. The van der Waals surface area contributed by atoms with Gasteiger partial charge in [0.1, 0.15) is 0 Å². The lowest BCUT2D eigenvalue weighted by Gasteiger charge is -2.33. The SMILES string of the molecule is CCCCCCC1CCC(C2C=CC(c3ccc(CCCCC)c(F)c3F)=CC2)CC1. The molecule has 2 aliphatic carbocycles. The van der Waals surface area contributed by atoms with Gasteiger partial charge in [0.25, 0.3) is 0 Å². The first-order valence-electron chi connectivity index (χ1n) is 13.0. The number of benzene rings is 1. The van der Waals surface area contributed by atoms with E-state index in [-0.39, 0.29) is 0 Å². The number of aryl methyl sites for hydroxylation is 1. The smallest absolute Gasteiger partial charge is 0.166 e. The van der Waals surface area contributed by atoms with Crippen molar-refractivity contribution < 1.29 is 8.78 Å². The number of allylic oxidation sites excluding steroid dienone is 4. The Bertz CT molecular complexity index is 737. The molecule has 2 heteroatoms. The molecule has 3 rings (SSSR count). The summed E-state index contributed by atoms with van der Waals surface area (Å²) in [6.07, 6.45) is 23.4. The minimum atomic E-state index is -0.674. The first kappa shape index (κ1) is 24.2. The van der Waals surface area contributed by atoms with Crippen molar-refractivity contribution >= 4 is 5.57 Å². The minimum Gasteiger partial charge on any atom is -0.203 e. The van der Waals surface area contributed by atoms with Crippen LogP contribution in [0.15, 0.2) is 30.4 Å². The lowest BCUT2D eigenvalue weighted by atomic mass is 9.72. The van der Waals surface area contributed by atoms with Gasteiger partial charge in [0.05, 0.1) is 0 Å². The zero-order valence-corrected chi connectivity index (χ0v) is 19.8. The molecule has 0 nitrogen and oxygen atoms in total. The van der Waals surface area contributed by atoms with Crippen molar-refractivity contribution in [2.75, 3.05) is 0 Å². The van der Waals surface area contributed by atoms with Crippen LogP contribution >= 0.6 is 0 Å². The van der Waals surface area contributed by atoms with E-state index in [2.05, 4.69) is 26.0 Å². The fraction of sp³-hybridized carbons (Fsp3) is 0.655. The highest BCUT2D eigenvalue weighted by atomic mass is 19.2. The van der Waals surface area contributed by atoms with Crippen LogP contribution in [0.25, 0.3) is 5.57 Å². The third-order valence-corrected chi connectivity index (χ3v) is 7.62. The summed E-state index contributed by atoms with van der Waals surface area (Å²) < 4.78 is 29.3. The highest BCUT2D eigenvalue weighted by Crippen LogP contribution is 2.40. The average Bonchev–Trinajstić information content (AvgIpc) is 2.80. The predicted octanol–water partition coefficient (Wildman–Crippen LogP) is 9.43. The molecular formula is C29H42F2. The summed E-state index contributed by atoms with van der Waals surface area (Å²) in [4.78, 5) is 0. The van der Waals surface area contributed by atoms with Gasteiger partial charge < -0.3 is 0 Å². The Balaban J connectivity index is 1.51. The van der Waals surface area contributed by atoms with E-state index in [9.17, 15) is 8.78 Å². The van der Waals surface area contributed by atoms with E-state index in [1.54, 1.807) is 12.1 Å². The van der Waals surface area contributed by atoms with E-state index in [1.165, 1.54) is 57.8 Å². The largest absolute Gasteiger partial charge is 0.203 e. The monoisotopic (exact) mass is 428 g/mol. The molecule has 0 saturated heterocycles. The fourth-order valence-corrected chi connectivity index (χ4v) is 5.52. The summed E-state index contributed by atoms with van der Waals surface area (Å²) in [5.74, 6) is 0.920. The molecule has 0 aliphatic heterocycles. The molecule has 1 aromatic carbocycles. The van der Waals surface area contributed by atoms with Gasteiger partial charge in [-0.15, -0.1) is 0 Å². The van der Waals surface area contributed by atoms with Gasteiger partial charge in [-0.1, -0.05) is 102 Å². The van der Waals surface area contributed by atoms with Gasteiger partial charge in [-0.3, -0.25) is 0 Å². The van der Waals surface area contributed by atoms with Crippen LogP contribution in [0, 0.1) is 29.4 Å². The molecule has 0 radical (unpaired) electrons. The van der Waals surface area contributed by atoms with Crippen molar-refractivity contribution in [3.05, 3.63) is 53.1 Å². The number of halogens is 2. The second kappa shape index (κ2) is 12.6. The summed E-state index contributed by atoms with van der Waals surface area (Å²) in [7, 11) is 0. The Morgan fingerprint density at radius 1 is 0.839 bits per heavy atom. The standard InChI is InChI=1S/C29H42F2/c1-3-5-7-9-10-22-12-14-23(15-13-22)24-16-18-25(19-17-24)27-21-20-26(11-8-6-4-2)28(30)29(27)31/h16,18-24H,3-15,17H2,1-2H3. The van der Waals surface area contributed by atoms with Gasteiger partial charge >= 0.3 is 0 Å². The molecule has 172 valence electrons. The zero-order chi connectivity index (χ0) is 22.1. The van der Waals surface area contributed by atoms with E-state index >= 15 is 0 Å². The molecule has 0 amide bonds. The van der Waals surface area contributed by atoms with Crippen molar-refractivity contribution in [3.8, 4) is 0 Å². The van der Waals surface area contributed by atoms with Gasteiger partial charge in [0.15, 0.2) is 11.6 Å². The van der Waals surface area contributed by atoms with Crippen LogP contribution in [0.1, 0.15) is 108 Å². The van der Waals surface area contributed by atoms with Gasteiger partial charge in [-0.25, -0.2) is 8.78 Å². The summed E-state index contributed by atoms with van der Waals surface area (Å²) in [5, 5.41) is 0. The van der Waals surface area contributed by atoms with Crippen LogP contribution in [-0.2, 0) is 6.42 Å². The molecule has 1 unspecified atom stereocenters. The third kappa shape index (κ3) is 6.77. The minimum absolute atomic E-state index is 0.419. The number of unbranched alkanes of at least 4 members (excludes halogenated alkanes) is 5. The lowest BCUT2D eigenvalue weighted by Crippen LogP contribution is -2.21. The molecule has 0 spiro atoms. The van der Waals surface area contributed by atoms with Crippen molar-refractivity contribution in [3.63, 3.8) is 0 Å². The topological polar surface area (TPSA) is 0 Å². The quantitative estimate of drug-likeness (QED) is 0.308. The van der Waals surface area contributed by atoms with Crippen molar-refractivity contribution in [1.29, 1.82) is 0 Å². The van der Waals surface area contributed by atoms with E-state index < -0.39 is 11.6 Å². The molecule has 1 atom stereocenters. The lowest BCUT2D eigenvalue weighted by molar-refractivity contribution is 0.218. The van der Waals surface area contributed by atoms with Crippen molar-refractivity contribution in [1.82, 2.24) is 0 Å². The Hall–Kier alpha value is -1.44. The van der Waals surface area contributed by atoms with Crippen LogP contribution < -0.4 is 0 Å². The number of hydrogen-bond donors (Lipinski definition) is 0. The van der Waals surface area contributed by atoms with Crippen LogP contribution in [-0.4, -0.2) is 0 Å². The Morgan fingerprint density at radius 3 is 2.26 bits per heavy atom. The Morgan fingerprint density at radius 2 is 1.58 bits per heavy atom. The molecule has 0 heterocycles. The summed E-state index contributed by atoms with van der Waals surface area (Å²) in [5.41, 5.74) is 1.78. The fourth-order valence-electron chi connectivity index (χ4n) is 5.52. The highest BCUT2D eigenvalue weighted by Gasteiger charge is 2.27. The molecule has 1 saturated carbocycles. The van der Waals surface area contributed by atoms with Gasteiger partial charge in [-0.05, 0) is 61.0 Å². The first-order chi connectivity index (χ1) is 15.1. The van der Waals surface area contributed by atoms with Crippen LogP contribution in [0.2, 0.25) is 0 Å². The molecule has 0 N–H and O–H groups in total. The molecule has 1 aromatic rings. The first-order valence-corrected chi connectivity index (χ1v) is 13.0. The maximum Gasteiger partial charge on any atom is 0.166 e. The van der Waals surface area contributed by atoms with Crippen LogP contribution in [0.3, 0.4) is 0 Å². The van der Waals surface area contributed by atoms with Crippen molar-refractivity contribution in [2.45, 2.75) is 104 Å². The van der Waals surface area contributed by atoms with Crippen LogP contribution in [0.5, 0.6) is 0 Å². The maximum absolute atomic E-state index is 14.8. The normalized spacial score (nSPS) is 23.7. The molecule has 2 aliphatic rings. The molecule has 31 heavy (non-hydrogen) atoms. The summed E-state index contributed by atoms with van der Waals surface area (Å²) in [6.45, 7) is 4.40. The van der Waals surface area contributed by atoms with Crippen molar-refractivity contribution in [2.24, 2.45) is 17.8 Å².